The maximum Gasteiger partial charge on any atom is 0.250 e. The van der Waals surface area contributed by atoms with E-state index in [0.29, 0.717) is 6.42 Å². The second-order valence-corrected chi connectivity index (χ2v) is 12.9. The van der Waals surface area contributed by atoms with Crippen LogP contribution >= 0.6 is 0 Å². The summed E-state index contributed by atoms with van der Waals surface area (Å²) in [6.45, 7) is 4.59. The van der Waals surface area contributed by atoms with E-state index < -0.39 is 5.79 Å². The van der Waals surface area contributed by atoms with Crippen LogP contribution in [0.2, 0.25) is 0 Å². The first-order valence-electron chi connectivity index (χ1n) is 19.6. The van der Waals surface area contributed by atoms with Crippen LogP contribution in [0.1, 0.15) is 162 Å². The summed E-state index contributed by atoms with van der Waals surface area (Å²) in [6, 6.07) is 0. The Bertz CT molecular complexity index is 924. The van der Waals surface area contributed by atoms with Crippen molar-refractivity contribution in [3.05, 3.63) is 109 Å². The highest BCUT2D eigenvalue weighted by Gasteiger charge is 2.37. The molecule has 270 valence electrons. The van der Waals surface area contributed by atoms with E-state index in [0.717, 1.165) is 95.7 Å². The average Bonchev–Trinajstić information content (AvgIpc) is 3.49. The molecule has 48 heavy (non-hydrogen) atoms. The molecule has 0 aromatic heterocycles. The number of hydrogen-bond acceptors (Lipinski definition) is 3. The predicted octanol–water partition coefficient (Wildman–Crippen LogP) is 14.0. The fourth-order valence-electron chi connectivity index (χ4n) is 5.46. The Morgan fingerprint density at radius 1 is 0.479 bits per heavy atom. The smallest absolute Gasteiger partial charge is 0.250 e. The molecule has 3 nitrogen and oxygen atoms in total. The maximum atomic E-state index is 9.36. The quantitative estimate of drug-likeness (QED) is 0.0576. The number of aliphatic hydroxyl groups excluding tert-OH is 1. The molecule has 0 unspecified atom stereocenters. The van der Waals surface area contributed by atoms with E-state index in [-0.39, 0.29) is 6.61 Å². The maximum absolute atomic E-state index is 9.36. The van der Waals surface area contributed by atoms with Gasteiger partial charge in [0.2, 0.25) is 5.79 Å². The molecule has 0 bridgehead atoms. The largest absolute Gasteiger partial charge is 0.456 e. The second-order valence-electron chi connectivity index (χ2n) is 12.9. The lowest BCUT2D eigenvalue weighted by molar-refractivity contribution is -0.161. The first-order valence-corrected chi connectivity index (χ1v) is 19.6. The molecule has 0 aromatic carbocycles. The van der Waals surface area contributed by atoms with E-state index in [1.165, 1.54) is 51.4 Å². The monoisotopic (exact) mass is 661 g/mol. The minimum atomic E-state index is -0.555. The van der Waals surface area contributed by atoms with E-state index in [4.69, 9.17) is 9.47 Å². The molecular formula is C45H72O3. The number of unbranched alkanes of at least 4 members (excludes halogenated alkanes) is 10. The zero-order valence-electron chi connectivity index (χ0n) is 31.0. The molecular weight excluding hydrogens is 588 g/mol. The fourth-order valence-corrected chi connectivity index (χ4v) is 5.46. The Morgan fingerprint density at radius 2 is 0.812 bits per heavy atom. The Labute approximate surface area is 297 Å². The van der Waals surface area contributed by atoms with Gasteiger partial charge >= 0.3 is 0 Å². The van der Waals surface area contributed by atoms with E-state index in [1.54, 1.807) is 6.26 Å². The number of hydrogen-bond donors (Lipinski definition) is 1. The summed E-state index contributed by atoms with van der Waals surface area (Å²) >= 11 is 0. The van der Waals surface area contributed by atoms with Gasteiger partial charge in [-0.3, -0.25) is 0 Å². The number of ether oxygens (including phenoxy) is 2. The van der Waals surface area contributed by atoms with Crippen molar-refractivity contribution in [2.75, 3.05) is 6.61 Å². The van der Waals surface area contributed by atoms with Crippen molar-refractivity contribution in [1.82, 2.24) is 0 Å². The highest BCUT2D eigenvalue weighted by Crippen LogP contribution is 2.36. The summed E-state index contributed by atoms with van der Waals surface area (Å²) in [5.41, 5.74) is 0. The topological polar surface area (TPSA) is 38.7 Å². The van der Waals surface area contributed by atoms with Gasteiger partial charge in [-0.15, -0.1) is 0 Å². The van der Waals surface area contributed by atoms with Crippen molar-refractivity contribution >= 4 is 0 Å². The van der Waals surface area contributed by atoms with Crippen LogP contribution in [-0.2, 0) is 9.47 Å². The van der Waals surface area contributed by atoms with E-state index >= 15 is 0 Å². The van der Waals surface area contributed by atoms with Crippen LogP contribution in [0, 0.1) is 0 Å². The Morgan fingerprint density at radius 3 is 1.15 bits per heavy atom. The van der Waals surface area contributed by atoms with Crippen LogP contribution in [0.3, 0.4) is 0 Å². The van der Waals surface area contributed by atoms with Crippen molar-refractivity contribution in [1.29, 1.82) is 0 Å². The zero-order chi connectivity index (χ0) is 34.5. The van der Waals surface area contributed by atoms with Crippen molar-refractivity contribution in [3.63, 3.8) is 0 Å². The predicted molar refractivity (Wildman–Crippen MR) is 211 cm³/mol. The van der Waals surface area contributed by atoms with Gasteiger partial charge in [-0.05, 0) is 103 Å². The molecule has 0 radical (unpaired) electrons. The Kier molecular flexibility index (Phi) is 30.7. The lowest BCUT2D eigenvalue weighted by atomic mass is 10.00. The van der Waals surface area contributed by atoms with Crippen molar-refractivity contribution < 1.29 is 14.6 Å². The van der Waals surface area contributed by atoms with E-state index in [1.807, 2.05) is 0 Å². The van der Waals surface area contributed by atoms with Gasteiger partial charge in [-0.1, -0.05) is 137 Å². The van der Waals surface area contributed by atoms with Gasteiger partial charge in [0.05, 0.1) is 6.61 Å². The normalized spacial score (nSPS) is 15.3. The molecule has 1 aliphatic rings. The summed E-state index contributed by atoms with van der Waals surface area (Å²) < 4.78 is 12.4. The van der Waals surface area contributed by atoms with Gasteiger partial charge in [-0.2, -0.15) is 0 Å². The van der Waals surface area contributed by atoms with E-state index in [2.05, 4.69) is 111 Å². The molecule has 0 aliphatic carbocycles. The van der Waals surface area contributed by atoms with Crippen LogP contribution < -0.4 is 0 Å². The lowest BCUT2D eigenvalue weighted by Gasteiger charge is -2.29. The molecule has 1 aliphatic heterocycles. The van der Waals surface area contributed by atoms with Crippen LogP contribution in [0.25, 0.3) is 0 Å². The molecule has 0 aromatic rings. The number of allylic oxidation sites excluding steroid dienone is 16. The summed E-state index contributed by atoms with van der Waals surface area (Å²) in [4.78, 5) is 0. The van der Waals surface area contributed by atoms with Crippen molar-refractivity contribution in [2.24, 2.45) is 0 Å². The van der Waals surface area contributed by atoms with Gasteiger partial charge in [0, 0.05) is 19.3 Å². The van der Waals surface area contributed by atoms with Crippen LogP contribution in [-0.4, -0.2) is 17.5 Å². The zero-order valence-corrected chi connectivity index (χ0v) is 31.0. The molecule has 1 rings (SSSR count). The van der Waals surface area contributed by atoms with Crippen LogP contribution in [0.4, 0.5) is 0 Å². The molecule has 0 spiro atoms. The highest BCUT2D eigenvalue weighted by atomic mass is 16.7. The summed E-state index contributed by atoms with van der Waals surface area (Å²) in [7, 11) is 0. The van der Waals surface area contributed by atoms with Gasteiger partial charge in [0.1, 0.15) is 12.0 Å². The molecule has 3 heteroatoms. The van der Waals surface area contributed by atoms with Gasteiger partial charge in [0.25, 0.3) is 0 Å². The summed E-state index contributed by atoms with van der Waals surface area (Å²) in [5, 5.41) is 9.36. The third-order valence-corrected chi connectivity index (χ3v) is 8.35. The lowest BCUT2D eigenvalue weighted by Crippen LogP contribution is -2.30. The summed E-state index contributed by atoms with van der Waals surface area (Å²) in [5.74, 6) is 0.221. The fraction of sp³-hybridized carbons (Fsp3) is 0.600. The molecule has 0 fully saturated rings. The second kappa shape index (κ2) is 34.1. The SMILES string of the molecule is CCCCC/C=C\C/C=C\C/C=C\C/C=C\CCCCC1(CCCC/C=C\C/C=C\C/C=C\C/C=C\CCCCC)OC=C(CCO)O1. The Hall–Kier alpha value is -2.78. The molecule has 0 amide bonds. The minimum absolute atomic E-state index is 0.0867. The molecule has 0 saturated heterocycles. The molecule has 1 N–H and O–H groups in total. The van der Waals surface area contributed by atoms with Gasteiger partial charge < -0.3 is 14.6 Å². The van der Waals surface area contributed by atoms with Gasteiger partial charge in [-0.25, -0.2) is 0 Å². The minimum Gasteiger partial charge on any atom is -0.456 e. The molecule has 0 saturated carbocycles. The number of rotatable bonds is 32. The van der Waals surface area contributed by atoms with Gasteiger partial charge in [0.15, 0.2) is 0 Å². The first-order chi connectivity index (χ1) is 23.8. The van der Waals surface area contributed by atoms with Crippen LogP contribution in [0.15, 0.2) is 109 Å². The third-order valence-electron chi connectivity index (χ3n) is 8.35. The third kappa shape index (κ3) is 27.2. The molecule has 1 heterocycles. The number of aliphatic hydroxyl groups is 1. The average molecular weight is 661 g/mol. The van der Waals surface area contributed by atoms with Crippen molar-refractivity contribution in [2.45, 2.75) is 167 Å². The van der Waals surface area contributed by atoms with E-state index in [9.17, 15) is 5.11 Å². The first kappa shape index (κ1) is 43.2. The summed E-state index contributed by atoms with van der Waals surface area (Å²) in [6.07, 6.45) is 63.4. The highest BCUT2D eigenvalue weighted by molar-refractivity contribution is 5.01. The van der Waals surface area contributed by atoms with Crippen LogP contribution in [0.5, 0.6) is 0 Å². The molecule has 0 atom stereocenters. The standard InChI is InChI=1S/C45H72O3/c1-3-5-7-9-11-13-15-17-19-21-23-25-27-29-31-33-35-37-40-45(47-43-44(48-45)39-42-46)41-38-36-34-32-30-28-26-24-22-20-18-16-14-12-10-8-6-4-2/h11-14,17-20,23-26,29-32,43,46H,3-10,15-16,21-22,27-28,33-42H2,1-2H3/b13-11-,14-12-,19-17-,20-18-,25-23-,26-24-,31-29-,32-30-. The Balaban J connectivity index is 2.17. The van der Waals surface area contributed by atoms with Crippen molar-refractivity contribution in [3.8, 4) is 0 Å².